The van der Waals surface area contributed by atoms with Gasteiger partial charge in [0, 0.05) is 25.3 Å². The number of nitrogens with zero attached hydrogens (tertiary/aromatic N) is 2. The summed E-state index contributed by atoms with van der Waals surface area (Å²) < 4.78 is 0. The molecule has 1 aliphatic rings. The lowest BCUT2D eigenvalue weighted by Crippen LogP contribution is -2.19. The van der Waals surface area contributed by atoms with Crippen LogP contribution in [0.15, 0.2) is 12.3 Å². The average Bonchev–Trinajstić information content (AvgIpc) is 2.69. The molecule has 0 amide bonds. The lowest BCUT2D eigenvalue weighted by molar-refractivity contribution is 0.799. The van der Waals surface area contributed by atoms with Gasteiger partial charge in [0.25, 0.3) is 0 Å². The third-order valence-electron chi connectivity index (χ3n) is 3.06. The third-order valence-corrected chi connectivity index (χ3v) is 3.06. The van der Waals surface area contributed by atoms with E-state index in [1.165, 1.54) is 18.4 Å². The summed E-state index contributed by atoms with van der Waals surface area (Å²) in [6, 6.07) is 2.23. The molecule has 1 aliphatic heterocycles. The van der Waals surface area contributed by atoms with E-state index in [9.17, 15) is 0 Å². The molecule has 0 saturated carbocycles. The van der Waals surface area contributed by atoms with Gasteiger partial charge in [-0.2, -0.15) is 0 Å². The molecule has 0 spiro atoms. The van der Waals surface area contributed by atoms with Crippen LogP contribution in [0.2, 0.25) is 0 Å². The topological polar surface area (TPSA) is 42.2 Å². The van der Waals surface area contributed by atoms with Crippen LogP contribution in [-0.4, -0.2) is 18.1 Å². The number of hydrogen-bond acceptors (Lipinski definition) is 3. The van der Waals surface area contributed by atoms with Crippen LogP contribution in [0.1, 0.15) is 36.9 Å². The van der Waals surface area contributed by atoms with Crippen molar-refractivity contribution in [2.45, 2.75) is 32.7 Å². The van der Waals surface area contributed by atoms with E-state index >= 15 is 0 Å². The zero-order chi connectivity index (χ0) is 10.8. The number of rotatable bonds is 2. The Morgan fingerprint density at radius 2 is 2.07 bits per heavy atom. The van der Waals surface area contributed by atoms with Crippen LogP contribution >= 0.6 is 0 Å². The first kappa shape index (κ1) is 10.4. The minimum atomic E-state index is 0.0742. The normalized spacial score (nSPS) is 18.2. The van der Waals surface area contributed by atoms with Gasteiger partial charge in [0.15, 0.2) is 0 Å². The first-order valence-electron chi connectivity index (χ1n) is 5.65. The number of aryl methyl sites for hydroxylation is 1. The molecule has 1 aromatic heterocycles. The van der Waals surface area contributed by atoms with Gasteiger partial charge in [-0.1, -0.05) is 0 Å². The van der Waals surface area contributed by atoms with Gasteiger partial charge in [-0.3, -0.25) is 0 Å². The third kappa shape index (κ3) is 2.12. The number of anilines is 1. The number of hydrogen-bond donors (Lipinski definition) is 1. The van der Waals surface area contributed by atoms with E-state index in [2.05, 4.69) is 22.9 Å². The minimum Gasteiger partial charge on any atom is -0.357 e. The van der Waals surface area contributed by atoms with Gasteiger partial charge < -0.3 is 10.6 Å². The predicted molar refractivity (Wildman–Crippen MR) is 63.0 cm³/mol. The molecule has 15 heavy (non-hydrogen) atoms. The lowest BCUT2D eigenvalue weighted by Gasteiger charge is -2.18. The van der Waals surface area contributed by atoms with Crippen molar-refractivity contribution in [3.05, 3.63) is 23.4 Å². The monoisotopic (exact) mass is 205 g/mol. The summed E-state index contributed by atoms with van der Waals surface area (Å²) in [5, 5.41) is 0. The Morgan fingerprint density at radius 3 is 2.60 bits per heavy atom. The highest BCUT2D eigenvalue weighted by atomic mass is 15.2. The molecule has 0 aromatic carbocycles. The predicted octanol–water partition coefficient (Wildman–Crippen LogP) is 2.01. The fourth-order valence-electron chi connectivity index (χ4n) is 2.15. The maximum atomic E-state index is 5.86. The molecule has 1 fully saturated rings. The highest BCUT2D eigenvalue weighted by molar-refractivity contribution is 5.44. The van der Waals surface area contributed by atoms with E-state index in [0.29, 0.717) is 0 Å². The molecule has 1 saturated heterocycles. The fourth-order valence-corrected chi connectivity index (χ4v) is 2.15. The zero-order valence-corrected chi connectivity index (χ0v) is 9.53. The summed E-state index contributed by atoms with van der Waals surface area (Å²) in [6.45, 7) is 6.40. The number of pyridine rings is 1. The molecule has 3 heteroatoms. The molecule has 1 unspecified atom stereocenters. The first-order valence-corrected chi connectivity index (χ1v) is 5.65. The van der Waals surface area contributed by atoms with Gasteiger partial charge in [0.05, 0.1) is 0 Å². The Morgan fingerprint density at radius 1 is 1.40 bits per heavy atom. The Hall–Kier alpha value is -1.09. The summed E-state index contributed by atoms with van der Waals surface area (Å²) in [7, 11) is 0. The molecule has 1 atom stereocenters. The highest BCUT2D eigenvalue weighted by Gasteiger charge is 2.14. The van der Waals surface area contributed by atoms with E-state index in [1.54, 1.807) is 0 Å². The smallest absolute Gasteiger partial charge is 0.128 e. The standard InChI is InChI=1S/C12H19N3/c1-9-7-12(15-5-3-4-6-15)14-8-11(9)10(2)13/h7-8,10H,3-6,13H2,1-2H3. The van der Waals surface area contributed by atoms with Crippen LogP contribution in [0.25, 0.3) is 0 Å². The lowest BCUT2D eigenvalue weighted by atomic mass is 10.1. The maximum absolute atomic E-state index is 5.86. The van der Waals surface area contributed by atoms with Gasteiger partial charge in [-0.25, -0.2) is 4.98 Å². The van der Waals surface area contributed by atoms with Gasteiger partial charge >= 0.3 is 0 Å². The molecular formula is C12H19N3. The molecule has 1 aromatic rings. The summed E-state index contributed by atoms with van der Waals surface area (Å²) in [6.07, 6.45) is 4.50. The van der Waals surface area contributed by atoms with Crippen molar-refractivity contribution in [1.82, 2.24) is 4.98 Å². The number of aromatic nitrogens is 1. The van der Waals surface area contributed by atoms with Crippen LogP contribution < -0.4 is 10.6 Å². The summed E-state index contributed by atoms with van der Waals surface area (Å²) in [5.74, 6) is 1.11. The van der Waals surface area contributed by atoms with Gasteiger partial charge in [0.2, 0.25) is 0 Å². The van der Waals surface area contributed by atoms with Crippen molar-refractivity contribution in [3.8, 4) is 0 Å². The van der Waals surface area contributed by atoms with E-state index < -0.39 is 0 Å². The molecule has 82 valence electrons. The summed E-state index contributed by atoms with van der Waals surface area (Å²) in [4.78, 5) is 6.83. The summed E-state index contributed by atoms with van der Waals surface area (Å²) in [5.41, 5.74) is 8.27. The largest absolute Gasteiger partial charge is 0.357 e. The van der Waals surface area contributed by atoms with Crippen molar-refractivity contribution >= 4 is 5.82 Å². The van der Waals surface area contributed by atoms with E-state index in [-0.39, 0.29) is 6.04 Å². The molecule has 0 aliphatic carbocycles. The Kier molecular flexibility index (Phi) is 2.91. The van der Waals surface area contributed by atoms with Gasteiger partial charge in [0.1, 0.15) is 5.82 Å². The van der Waals surface area contributed by atoms with E-state index in [0.717, 1.165) is 24.5 Å². The maximum Gasteiger partial charge on any atom is 0.128 e. The molecule has 2 heterocycles. The first-order chi connectivity index (χ1) is 7.18. The van der Waals surface area contributed by atoms with Crippen molar-refractivity contribution < 1.29 is 0 Å². The molecule has 0 radical (unpaired) electrons. The quantitative estimate of drug-likeness (QED) is 0.803. The molecule has 3 nitrogen and oxygen atoms in total. The fraction of sp³-hybridized carbons (Fsp3) is 0.583. The van der Waals surface area contributed by atoms with Crippen molar-refractivity contribution in [1.29, 1.82) is 0 Å². The minimum absolute atomic E-state index is 0.0742. The highest BCUT2D eigenvalue weighted by Crippen LogP contribution is 2.22. The van der Waals surface area contributed by atoms with Crippen molar-refractivity contribution in [2.24, 2.45) is 5.73 Å². The zero-order valence-electron chi connectivity index (χ0n) is 9.53. The van der Waals surface area contributed by atoms with E-state index in [1.807, 2.05) is 13.1 Å². The van der Waals surface area contributed by atoms with Crippen LogP contribution in [0, 0.1) is 6.92 Å². The van der Waals surface area contributed by atoms with Crippen LogP contribution in [0.4, 0.5) is 5.82 Å². The molecule has 2 rings (SSSR count). The van der Waals surface area contributed by atoms with Crippen LogP contribution in [-0.2, 0) is 0 Å². The van der Waals surface area contributed by atoms with Crippen LogP contribution in [0.3, 0.4) is 0 Å². The Balaban J connectivity index is 2.24. The number of nitrogens with two attached hydrogens (primary N) is 1. The SMILES string of the molecule is Cc1cc(N2CCCC2)ncc1C(C)N. The summed E-state index contributed by atoms with van der Waals surface area (Å²) >= 11 is 0. The van der Waals surface area contributed by atoms with Crippen molar-refractivity contribution in [3.63, 3.8) is 0 Å². The molecular weight excluding hydrogens is 186 g/mol. The average molecular weight is 205 g/mol. The Bertz CT molecular complexity index is 341. The van der Waals surface area contributed by atoms with Gasteiger partial charge in [-0.15, -0.1) is 0 Å². The molecule has 2 N–H and O–H groups in total. The van der Waals surface area contributed by atoms with Crippen LogP contribution in [0.5, 0.6) is 0 Å². The van der Waals surface area contributed by atoms with E-state index in [4.69, 9.17) is 5.73 Å². The second-order valence-electron chi connectivity index (χ2n) is 4.38. The Labute approximate surface area is 91.3 Å². The molecule has 0 bridgehead atoms. The van der Waals surface area contributed by atoms with Gasteiger partial charge in [-0.05, 0) is 43.9 Å². The second-order valence-corrected chi connectivity index (χ2v) is 4.38. The van der Waals surface area contributed by atoms with Crippen molar-refractivity contribution in [2.75, 3.05) is 18.0 Å². The second kappa shape index (κ2) is 4.19.